The number of para-hydroxylation sites is 1. The number of amides is 2. The number of carbonyl (C=O) groups excluding carboxylic acids is 2. The van der Waals surface area contributed by atoms with E-state index in [9.17, 15) is 18.0 Å². The number of benzene rings is 1. The fraction of sp³-hybridized carbons (Fsp3) is 0.556. The van der Waals surface area contributed by atoms with Crippen LogP contribution in [0.15, 0.2) is 24.3 Å². The lowest BCUT2D eigenvalue weighted by molar-refractivity contribution is -0.138. The maximum atomic E-state index is 12.6. The van der Waals surface area contributed by atoms with Gasteiger partial charge in [-0.1, -0.05) is 18.2 Å². The molecule has 2 amide bonds. The molecule has 0 spiro atoms. The summed E-state index contributed by atoms with van der Waals surface area (Å²) in [5, 5.41) is 0. The van der Waals surface area contributed by atoms with Gasteiger partial charge in [-0.2, -0.15) is 4.31 Å². The molecule has 1 fully saturated rings. The summed E-state index contributed by atoms with van der Waals surface area (Å²) in [5.41, 5.74) is 0.885. The molecule has 0 unspecified atom stereocenters. The first kappa shape index (κ1) is 21.2. The van der Waals surface area contributed by atoms with Crippen LogP contribution in [0.3, 0.4) is 0 Å². The summed E-state index contributed by atoms with van der Waals surface area (Å²) in [7, 11) is -1.97. The van der Waals surface area contributed by atoms with Crippen molar-refractivity contribution in [3.8, 4) is 5.75 Å². The molecule has 1 aliphatic rings. The standard InChI is InChI=1S/C18H27N3O5S/c1-15(22)19-10-12-20(13-11-19)18(23)14-21(27(3,24)25)9-8-16-6-4-5-7-17(16)26-2/h4-7H,8-14H2,1-3H3. The van der Waals surface area contributed by atoms with Gasteiger partial charge in [0.25, 0.3) is 0 Å². The Hall–Kier alpha value is -2.13. The number of carbonyl (C=O) groups is 2. The van der Waals surface area contributed by atoms with E-state index < -0.39 is 10.0 Å². The molecule has 0 saturated carbocycles. The van der Waals surface area contributed by atoms with Crippen molar-refractivity contribution in [2.45, 2.75) is 13.3 Å². The van der Waals surface area contributed by atoms with Crippen LogP contribution in [0, 0.1) is 0 Å². The molecule has 1 aromatic rings. The smallest absolute Gasteiger partial charge is 0.238 e. The van der Waals surface area contributed by atoms with Crippen molar-refractivity contribution in [2.24, 2.45) is 0 Å². The number of hydrogen-bond acceptors (Lipinski definition) is 5. The topological polar surface area (TPSA) is 87.2 Å². The zero-order valence-electron chi connectivity index (χ0n) is 16.1. The summed E-state index contributed by atoms with van der Waals surface area (Å²) in [6.45, 7) is 3.28. The van der Waals surface area contributed by atoms with Gasteiger partial charge in [-0.15, -0.1) is 0 Å². The molecule has 0 radical (unpaired) electrons. The Labute approximate surface area is 160 Å². The molecule has 1 aromatic carbocycles. The van der Waals surface area contributed by atoms with E-state index in [1.165, 1.54) is 11.2 Å². The summed E-state index contributed by atoms with van der Waals surface area (Å²) >= 11 is 0. The van der Waals surface area contributed by atoms with E-state index in [1.54, 1.807) is 16.9 Å². The average Bonchev–Trinajstić information content (AvgIpc) is 2.64. The number of ether oxygens (including phenoxy) is 1. The minimum absolute atomic E-state index is 0.0170. The summed E-state index contributed by atoms with van der Waals surface area (Å²) in [6.07, 6.45) is 1.55. The molecule has 8 nitrogen and oxygen atoms in total. The third kappa shape index (κ3) is 5.93. The van der Waals surface area contributed by atoms with Crippen LogP contribution in [0.1, 0.15) is 12.5 Å². The van der Waals surface area contributed by atoms with E-state index in [2.05, 4.69) is 0 Å². The van der Waals surface area contributed by atoms with Crippen LogP contribution in [0.4, 0.5) is 0 Å². The molecule has 150 valence electrons. The molecule has 27 heavy (non-hydrogen) atoms. The van der Waals surface area contributed by atoms with Crippen molar-refractivity contribution in [1.29, 1.82) is 0 Å². The Kier molecular flexibility index (Phi) is 7.20. The molecule has 9 heteroatoms. The molecule has 2 rings (SSSR count). The third-order valence-corrected chi connectivity index (χ3v) is 5.93. The van der Waals surface area contributed by atoms with Crippen molar-refractivity contribution in [1.82, 2.24) is 14.1 Å². The Morgan fingerprint density at radius 2 is 1.70 bits per heavy atom. The fourth-order valence-electron chi connectivity index (χ4n) is 3.04. The number of hydrogen-bond donors (Lipinski definition) is 0. The van der Waals surface area contributed by atoms with Crippen LogP contribution in [-0.2, 0) is 26.0 Å². The fourth-order valence-corrected chi connectivity index (χ4v) is 3.81. The number of rotatable bonds is 7. The normalized spacial score (nSPS) is 15.1. The zero-order chi connectivity index (χ0) is 20.0. The second-order valence-electron chi connectivity index (χ2n) is 6.55. The quantitative estimate of drug-likeness (QED) is 0.656. The van der Waals surface area contributed by atoms with Gasteiger partial charge in [-0.25, -0.2) is 8.42 Å². The van der Waals surface area contributed by atoms with Crippen LogP contribution in [-0.4, -0.2) is 87.0 Å². The molecule has 1 aliphatic heterocycles. The SMILES string of the molecule is COc1ccccc1CCN(CC(=O)N1CCN(C(C)=O)CC1)S(C)(=O)=O. The predicted octanol–water partition coefficient (Wildman–Crippen LogP) is 0.190. The van der Waals surface area contributed by atoms with Crippen molar-refractivity contribution in [3.05, 3.63) is 29.8 Å². The maximum absolute atomic E-state index is 12.6. The number of nitrogens with zero attached hydrogens (tertiary/aromatic N) is 3. The van der Waals surface area contributed by atoms with Crippen LogP contribution < -0.4 is 4.74 Å². The van der Waals surface area contributed by atoms with Gasteiger partial charge in [0, 0.05) is 39.6 Å². The molecule has 0 atom stereocenters. The minimum atomic E-state index is -3.53. The van der Waals surface area contributed by atoms with Crippen molar-refractivity contribution in [2.75, 3.05) is 52.6 Å². The monoisotopic (exact) mass is 397 g/mol. The van der Waals surface area contributed by atoms with Gasteiger partial charge in [0.15, 0.2) is 0 Å². The molecule has 0 aromatic heterocycles. The Morgan fingerprint density at radius 1 is 1.11 bits per heavy atom. The van der Waals surface area contributed by atoms with Crippen molar-refractivity contribution < 1.29 is 22.7 Å². The van der Waals surface area contributed by atoms with Crippen LogP contribution in [0.25, 0.3) is 0 Å². The summed E-state index contributed by atoms with van der Waals surface area (Å²) in [5.74, 6) is 0.429. The number of methoxy groups -OCH3 is 1. The van der Waals surface area contributed by atoms with Crippen LogP contribution >= 0.6 is 0 Å². The highest BCUT2D eigenvalue weighted by atomic mass is 32.2. The Bertz CT molecular complexity index is 773. The van der Waals surface area contributed by atoms with E-state index in [-0.39, 0.29) is 24.9 Å². The van der Waals surface area contributed by atoms with E-state index in [0.717, 1.165) is 11.8 Å². The van der Waals surface area contributed by atoms with Crippen molar-refractivity contribution in [3.63, 3.8) is 0 Å². The van der Waals surface area contributed by atoms with Gasteiger partial charge >= 0.3 is 0 Å². The Balaban J connectivity index is 1.99. The van der Waals surface area contributed by atoms with E-state index in [4.69, 9.17) is 4.74 Å². The zero-order valence-corrected chi connectivity index (χ0v) is 16.9. The first-order valence-electron chi connectivity index (χ1n) is 8.82. The van der Waals surface area contributed by atoms with E-state index in [0.29, 0.717) is 38.3 Å². The first-order chi connectivity index (χ1) is 12.7. The summed E-state index contributed by atoms with van der Waals surface area (Å²) in [6, 6.07) is 7.41. The van der Waals surface area contributed by atoms with Gasteiger partial charge in [0.05, 0.1) is 19.9 Å². The molecular formula is C18H27N3O5S. The lowest BCUT2D eigenvalue weighted by Crippen LogP contribution is -2.52. The molecule has 1 heterocycles. The number of piperazine rings is 1. The van der Waals surface area contributed by atoms with Crippen molar-refractivity contribution >= 4 is 21.8 Å². The first-order valence-corrected chi connectivity index (χ1v) is 10.7. The van der Waals surface area contributed by atoms with Gasteiger partial charge in [0.1, 0.15) is 5.75 Å². The highest BCUT2D eigenvalue weighted by molar-refractivity contribution is 7.88. The molecule has 0 aliphatic carbocycles. The third-order valence-electron chi connectivity index (χ3n) is 4.68. The van der Waals surface area contributed by atoms with Gasteiger partial charge in [-0.05, 0) is 18.1 Å². The van der Waals surface area contributed by atoms with Gasteiger partial charge in [0.2, 0.25) is 21.8 Å². The van der Waals surface area contributed by atoms with Gasteiger partial charge < -0.3 is 14.5 Å². The lowest BCUT2D eigenvalue weighted by Gasteiger charge is -2.35. The largest absolute Gasteiger partial charge is 0.496 e. The predicted molar refractivity (Wildman–Crippen MR) is 102 cm³/mol. The lowest BCUT2D eigenvalue weighted by atomic mass is 10.1. The second-order valence-corrected chi connectivity index (χ2v) is 8.53. The highest BCUT2D eigenvalue weighted by Gasteiger charge is 2.26. The molecular weight excluding hydrogens is 370 g/mol. The average molecular weight is 397 g/mol. The molecule has 1 saturated heterocycles. The van der Waals surface area contributed by atoms with Crippen LogP contribution in [0.2, 0.25) is 0 Å². The number of sulfonamides is 1. The highest BCUT2D eigenvalue weighted by Crippen LogP contribution is 2.18. The van der Waals surface area contributed by atoms with E-state index >= 15 is 0 Å². The minimum Gasteiger partial charge on any atom is -0.496 e. The maximum Gasteiger partial charge on any atom is 0.238 e. The molecule has 0 bridgehead atoms. The summed E-state index contributed by atoms with van der Waals surface area (Å²) < 4.78 is 30.8. The second kappa shape index (κ2) is 9.18. The molecule has 0 N–H and O–H groups in total. The Morgan fingerprint density at radius 3 is 2.26 bits per heavy atom. The summed E-state index contributed by atoms with van der Waals surface area (Å²) in [4.78, 5) is 27.2. The van der Waals surface area contributed by atoms with E-state index in [1.807, 2.05) is 24.3 Å². The van der Waals surface area contributed by atoms with Crippen LogP contribution in [0.5, 0.6) is 5.75 Å². The van der Waals surface area contributed by atoms with Gasteiger partial charge in [-0.3, -0.25) is 9.59 Å².